The average molecular weight is 843 g/mol. The van der Waals surface area contributed by atoms with E-state index in [4.69, 9.17) is 9.40 Å². The van der Waals surface area contributed by atoms with Gasteiger partial charge >= 0.3 is 0 Å². The van der Waals surface area contributed by atoms with Gasteiger partial charge in [0.25, 0.3) is 0 Å². The van der Waals surface area contributed by atoms with Crippen molar-refractivity contribution in [3.05, 3.63) is 76.7 Å². The van der Waals surface area contributed by atoms with Crippen molar-refractivity contribution in [2.24, 2.45) is 17.3 Å². The molecule has 0 saturated carbocycles. The fraction of sp³-hybridized carbons (Fsp3) is 0.545. The van der Waals surface area contributed by atoms with Crippen LogP contribution in [0.4, 0.5) is 0 Å². The fourth-order valence-electron chi connectivity index (χ4n) is 7.77. The minimum absolute atomic E-state index is 0. The quantitative estimate of drug-likeness (QED) is 0.104. The van der Waals surface area contributed by atoms with Gasteiger partial charge in [-0.15, -0.1) is 35.9 Å². The molecule has 2 heterocycles. The minimum atomic E-state index is 0. The third-order valence-electron chi connectivity index (χ3n) is 10.7. The Kier molecular flexibility index (Phi) is 13.3. The van der Waals surface area contributed by atoms with E-state index in [0.717, 1.165) is 54.5 Å². The molecule has 0 aliphatic heterocycles. The van der Waals surface area contributed by atoms with Gasteiger partial charge < -0.3 is 14.5 Å². The fourth-order valence-corrected chi connectivity index (χ4v) is 7.77. The summed E-state index contributed by atoms with van der Waals surface area (Å²) in [5, 5.41) is 12.3. The van der Waals surface area contributed by atoms with Crippen LogP contribution in [-0.2, 0) is 42.2 Å². The maximum absolute atomic E-state index is 11.7. The molecule has 1 aliphatic rings. The number of fused-ring (bicyclic) bond motifs is 5. The summed E-state index contributed by atoms with van der Waals surface area (Å²) in [4.78, 5) is 16.5. The number of aliphatic hydroxyl groups is 1. The van der Waals surface area contributed by atoms with Gasteiger partial charge in [-0.25, -0.2) is 0 Å². The Morgan fingerprint density at radius 1 is 0.939 bits per heavy atom. The van der Waals surface area contributed by atoms with E-state index in [1.165, 1.54) is 51.9 Å². The number of carbonyl (C=O) groups excluding carboxylic acids is 1. The molecule has 0 saturated heterocycles. The Balaban J connectivity index is 0.000000347. The Morgan fingerprint density at radius 2 is 1.53 bits per heavy atom. The largest absolute Gasteiger partial charge is 0.512 e. The van der Waals surface area contributed by atoms with Gasteiger partial charge in [0.2, 0.25) is 0 Å². The molecule has 49 heavy (non-hydrogen) atoms. The van der Waals surface area contributed by atoms with Crippen LogP contribution in [0.5, 0.6) is 0 Å². The molecular formula is C44H60IrNO3-. The number of pyridine rings is 1. The van der Waals surface area contributed by atoms with Crippen LogP contribution in [0.15, 0.2) is 52.8 Å². The zero-order valence-corrected chi connectivity index (χ0v) is 34.6. The first-order valence-electron chi connectivity index (χ1n) is 18.3. The molecule has 0 bridgehead atoms. The second kappa shape index (κ2) is 16.1. The number of aromatic nitrogens is 1. The molecular weight excluding hydrogens is 783 g/mol. The summed E-state index contributed by atoms with van der Waals surface area (Å²) in [7, 11) is 0. The van der Waals surface area contributed by atoms with E-state index in [-0.39, 0.29) is 59.7 Å². The van der Waals surface area contributed by atoms with Crippen molar-refractivity contribution < 1.29 is 34.4 Å². The SMILES string of the molecule is CCC(CC)C(=O)/C=C(\O)C(CC)CC.Cc1c2c(c3c(oc4c(-c5[c-]cccc5)nccc43)c1CC(C)(C)C)C(C)(C)CCC2(C)C.[Ir]. The van der Waals surface area contributed by atoms with Gasteiger partial charge in [0, 0.05) is 60.7 Å². The van der Waals surface area contributed by atoms with Gasteiger partial charge in [-0.1, -0.05) is 76.2 Å². The van der Waals surface area contributed by atoms with Gasteiger partial charge in [-0.2, -0.15) is 0 Å². The Bertz CT molecular complexity index is 1760. The molecule has 0 spiro atoms. The molecule has 1 aliphatic carbocycles. The summed E-state index contributed by atoms with van der Waals surface area (Å²) in [6, 6.07) is 13.6. The predicted molar refractivity (Wildman–Crippen MR) is 203 cm³/mol. The summed E-state index contributed by atoms with van der Waals surface area (Å²) < 4.78 is 6.84. The number of carbonyl (C=O) groups is 1. The number of hydrogen-bond acceptors (Lipinski definition) is 4. The van der Waals surface area contributed by atoms with Crippen LogP contribution in [0.3, 0.4) is 0 Å². The van der Waals surface area contributed by atoms with Crippen molar-refractivity contribution in [3.8, 4) is 11.3 Å². The van der Waals surface area contributed by atoms with E-state index in [1.807, 2.05) is 52.1 Å². The van der Waals surface area contributed by atoms with Gasteiger partial charge in [-0.3, -0.25) is 4.79 Å². The molecule has 269 valence electrons. The molecule has 0 atom stereocenters. The van der Waals surface area contributed by atoms with Crippen LogP contribution in [0.25, 0.3) is 33.2 Å². The molecule has 0 fully saturated rings. The second-order valence-corrected chi connectivity index (χ2v) is 16.5. The van der Waals surface area contributed by atoms with Crippen molar-refractivity contribution in [1.82, 2.24) is 4.98 Å². The summed E-state index contributed by atoms with van der Waals surface area (Å²) in [6.07, 6.45) is 10.2. The number of rotatable bonds is 9. The zero-order valence-electron chi connectivity index (χ0n) is 32.2. The van der Waals surface area contributed by atoms with E-state index in [1.54, 1.807) is 0 Å². The first kappa shape index (κ1) is 40.7. The van der Waals surface area contributed by atoms with Crippen LogP contribution in [0.2, 0.25) is 0 Å². The average Bonchev–Trinajstić information content (AvgIpc) is 3.41. The minimum Gasteiger partial charge on any atom is -0.512 e. The molecule has 2 aromatic heterocycles. The Hall–Kier alpha value is -2.75. The van der Waals surface area contributed by atoms with Crippen LogP contribution in [0, 0.1) is 30.2 Å². The first-order chi connectivity index (χ1) is 22.5. The van der Waals surface area contributed by atoms with E-state index in [2.05, 4.69) is 73.6 Å². The van der Waals surface area contributed by atoms with Crippen LogP contribution < -0.4 is 0 Å². The number of aliphatic hydroxyl groups excluding tert-OH is 1. The number of benzene rings is 2. The third kappa shape index (κ3) is 8.59. The van der Waals surface area contributed by atoms with Gasteiger partial charge in [-0.05, 0) is 96.4 Å². The van der Waals surface area contributed by atoms with E-state index >= 15 is 0 Å². The third-order valence-corrected chi connectivity index (χ3v) is 10.7. The molecule has 2 aromatic carbocycles. The van der Waals surface area contributed by atoms with Crippen LogP contribution in [0.1, 0.15) is 137 Å². The molecule has 5 rings (SSSR count). The zero-order chi connectivity index (χ0) is 35.6. The molecule has 4 aromatic rings. The molecule has 5 heteroatoms. The number of hydrogen-bond donors (Lipinski definition) is 1. The number of allylic oxidation sites excluding steroid dienone is 2. The second-order valence-electron chi connectivity index (χ2n) is 16.5. The summed E-state index contributed by atoms with van der Waals surface area (Å²) in [5.74, 6) is 0.547. The van der Waals surface area contributed by atoms with Gasteiger partial charge in [0.15, 0.2) is 5.78 Å². The smallest absolute Gasteiger partial charge is 0.162 e. The monoisotopic (exact) mass is 843 g/mol. The predicted octanol–water partition coefficient (Wildman–Crippen LogP) is 12.6. The molecule has 0 amide bonds. The van der Waals surface area contributed by atoms with Crippen molar-refractivity contribution in [2.75, 3.05) is 0 Å². The summed E-state index contributed by atoms with van der Waals surface area (Å²) in [6.45, 7) is 27.0. The van der Waals surface area contributed by atoms with E-state index in [9.17, 15) is 9.90 Å². The molecule has 1 N–H and O–H groups in total. The maximum atomic E-state index is 11.7. The molecule has 4 nitrogen and oxygen atoms in total. The topological polar surface area (TPSA) is 63.3 Å². The van der Waals surface area contributed by atoms with Crippen LogP contribution in [-0.4, -0.2) is 15.9 Å². The van der Waals surface area contributed by atoms with Gasteiger partial charge in [0.05, 0.1) is 5.76 Å². The first-order valence-corrected chi connectivity index (χ1v) is 18.3. The van der Waals surface area contributed by atoms with Crippen molar-refractivity contribution in [3.63, 3.8) is 0 Å². The van der Waals surface area contributed by atoms with Gasteiger partial charge in [0.1, 0.15) is 11.2 Å². The number of furan rings is 1. The van der Waals surface area contributed by atoms with E-state index in [0.29, 0.717) is 0 Å². The number of nitrogens with zero attached hydrogens (tertiary/aromatic N) is 1. The molecule has 1 radical (unpaired) electrons. The van der Waals surface area contributed by atoms with Crippen molar-refractivity contribution in [2.45, 2.75) is 139 Å². The Labute approximate surface area is 309 Å². The van der Waals surface area contributed by atoms with E-state index < -0.39 is 0 Å². The summed E-state index contributed by atoms with van der Waals surface area (Å²) in [5.41, 5.74) is 10.0. The normalized spacial score (nSPS) is 15.6. The van der Waals surface area contributed by atoms with Crippen LogP contribution >= 0.6 is 0 Å². The summed E-state index contributed by atoms with van der Waals surface area (Å²) >= 11 is 0. The Morgan fingerprint density at radius 3 is 2.06 bits per heavy atom. The standard InChI is InChI=1S/C31H36NO.C13H24O2.Ir/c1-19-22(18-29(2,3)4)27-23(25-24(19)30(5,6)15-16-31(25,7)8)21-14-17-32-26(28(21)33-27)20-12-10-9-11-13-20;1-5-10(6-2)12(14)9-13(15)11(7-3)8-4;/h9-12,14,17H,15-16,18H2,1-8H3;9-11,14H,5-8H2,1-4H3;/q-1;;/b;12-9-;. The molecule has 0 unspecified atom stereocenters. The number of ketones is 1. The van der Waals surface area contributed by atoms with Crippen molar-refractivity contribution >= 4 is 27.7 Å². The maximum Gasteiger partial charge on any atom is 0.162 e. The van der Waals surface area contributed by atoms with Crippen molar-refractivity contribution in [1.29, 1.82) is 0 Å².